The van der Waals surface area contributed by atoms with Crippen molar-refractivity contribution >= 4 is 22.7 Å². The van der Waals surface area contributed by atoms with Crippen molar-refractivity contribution in [1.82, 2.24) is 19.9 Å². The third-order valence-corrected chi connectivity index (χ3v) is 6.51. The number of nitrogens with zero attached hydrogens (tertiary/aromatic N) is 2. The molecule has 186 valence electrons. The molecule has 4 rings (SSSR count). The van der Waals surface area contributed by atoms with Crippen molar-refractivity contribution in [1.29, 1.82) is 0 Å². The Kier molecular flexibility index (Phi) is 7.05. The van der Waals surface area contributed by atoms with E-state index in [1.807, 2.05) is 55.7 Å². The van der Waals surface area contributed by atoms with E-state index in [-0.39, 0.29) is 29.8 Å². The Balaban J connectivity index is 1.72. The maximum Gasteiger partial charge on any atom is 0.256 e. The average Bonchev–Trinajstić information content (AvgIpc) is 3.18. The largest absolute Gasteiger partial charge is 0.496 e. The van der Waals surface area contributed by atoms with E-state index in [2.05, 4.69) is 15.3 Å². The minimum Gasteiger partial charge on any atom is -0.496 e. The molecule has 4 aromatic rings. The predicted molar refractivity (Wildman–Crippen MR) is 139 cm³/mol. The topological polar surface area (TPSA) is 106 Å². The summed E-state index contributed by atoms with van der Waals surface area (Å²) >= 11 is 0. The van der Waals surface area contributed by atoms with Crippen LogP contribution < -0.4 is 15.6 Å². The Morgan fingerprint density at radius 3 is 2.67 bits per heavy atom. The number of rotatable bonds is 8. The van der Waals surface area contributed by atoms with Crippen LogP contribution in [0.25, 0.3) is 11.0 Å². The summed E-state index contributed by atoms with van der Waals surface area (Å²) in [5, 5.41) is 3.60. The molecule has 0 saturated carbocycles. The third-order valence-electron chi connectivity index (χ3n) is 6.51. The first-order valence-corrected chi connectivity index (χ1v) is 11.9. The van der Waals surface area contributed by atoms with Crippen LogP contribution in [0.1, 0.15) is 69.5 Å². The second-order valence-electron chi connectivity index (χ2n) is 8.79. The lowest BCUT2D eigenvalue weighted by molar-refractivity contribution is 0.0949. The molecule has 0 aliphatic heterocycles. The summed E-state index contributed by atoms with van der Waals surface area (Å²) in [6, 6.07) is 12.8. The summed E-state index contributed by atoms with van der Waals surface area (Å²) in [6.45, 7) is 7.53. The predicted octanol–water partition coefficient (Wildman–Crippen LogP) is 4.48. The van der Waals surface area contributed by atoms with Gasteiger partial charge in [-0.1, -0.05) is 25.1 Å². The van der Waals surface area contributed by atoms with Crippen LogP contribution in [0, 0.1) is 13.8 Å². The van der Waals surface area contributed by atoms with Crippen LogP contribution in [0.3, 0.4) is 0 Å². The van der Waals surface area contributed by atoms with Gasteiger partial charge in [0.1, 0.15) is 11.4 Å². The maximum absolute atomic E-state index is 13.4. The van der Waals surface area contributed by atoms with E-state index in [4.69, 9.17) is 4.74 Å². The highest BCUT2D eigenvalue weighted by Crippen LogP contribution is 2.31. The van der Waals surface area contributed by atoms with Gasteiger partial charge in [0.2, 0.25) is 0 Å². The summed E-state index contributed by atoms with van der Waals surface area (Å²) < 4.78 is 7.36. The molecule has 1 aromatic carbocycles. The lowest BCUT2D eigenvalue weighted by atomic mass is 10.0. The number of ketones is 1. The summed E-state index contributed by atoms with van der Waals surface area (Å²) in [5.41, 5.74) is 4.24. The van der Waals surface area contributed by atoms with Gasteiger partial charge in [0.15, 0.2) is 5.78 Å². The standard InChI is InChI=1S/C28H30N4O4/c1-6-23(33)20-10-7-9-19(14-20)17(3)32-18(4)25(21-11-8-12-29-26(21)32)28(35)30-15-22-24(36-5)13-16(2)31-27(22)34/h7-14,17H,6,15H2,1-5H3,(H,30,35)(H,31,34). The van der Waals surface area contributed by atoms with E-state index >= 15 is 0 Å². The molecule has 1 unspecified atom stereocenters. The Bertz CT molecular complexity index is 1520. The van der Waals surface area contributed by atoms with Gasteiger partial charge in [0.25, 0.3) is 11.5 Å². The normalized spacial score (nSPS) is 11.9. The lowest BCUT2D eigenvalue weighted by Crippen LogP contribution is -2.28. The molecular formula is C28H30N4O4. The minimum absolute atomic E-state index is 0.0146. The Hall–Kier alpha value is -4.20. The Morgan fingerprint density at radius 1 is 1.17 bits per heavy atom. The quantitative estimate of drug-likeness (QED) is 0.357. The summed E-state index contributed by atoms with van der Waals surface area (Å²) in [6.07, 6.45) is 2.13. The van der Waals surface area contributed by atoms with Gasteiger partial charge in [-0.3, -0.25) is 14.4 Å². The maximum atomic E-state index is 13.4. The van der Waals surface area contributed by atoms with Crippen LogP contribution in [-0.2, 0) is 6.54 Å². The zero-order valence-corrected chi connectivity index (χ0v) is 21.1. The van der Waals surface area contributed by atoms with Crippen LogP contribution >= 0.6 is 0 Å². The van der Waals surface area contributed by atoms with Crippen molar-refractivity contribution in [2.75, 3.05) is 7.11 Å². The van der Waals surface area contributed by atoms with Crippen molar-refractivity contribution in [3.8, 4) is 5.75 Å². The number of aryl methyl sites for hydroxylation is 1. The van der Waals surface area contributed by atoms with E-state index in [1.54, 1.807) is 25.3 Å². The van der Waals surface area contributed by atoms with Crippen LogP contribution in [0.5, 0.6) is 5.75 Å². The number of pyridine rings is 2. The molecule has 1 atom stereocenters. The van der Waals surface area contributed by atoms with E-state index < -0.39 is 0 Å². The van der Waals surface area contributed by atoms with Gasteiger partial charge >= 0.3 is 0 Å². The number of aromatic nitrogens is 3. The molecule has 8 nitrogen and oxygen atoms in total. The van der Waals surface area contributed by atoms with E-state index in [9.17, 15) is 14.4 Å². The SMILES string of the molecule is CCC(=O)c1cccc(C(C)n2c(C)c(C(=O)NCc3c(OC)cc(C)[nH]c3=O)c3cccnc32)c1. The molecule has 1 amide bonds. The van der Waals surface area contributed by atoms with E-state index in [0.29, 0.717) is 45.6 Å². The van der Waals surface area contributed by atoms with Gasteiger partial charge < -0.3 is 19.6 Å². The highest BCUT2D eigenvalue weighted by atomic mass is 16.5. The summed E-state index contributed by atoms with van der Waals surface area (Å²) in [7, 11) is 1.49. The van der Waals surface area contributed by atoms with Crippen molar-refractivity contribution in [2.45, 2.75) is 46.7 Å². The number of ether oxygens (including phenoxy) is 1. The van der Waals surface area contributed by atoms with Crippen LogP contribution in [0.15, 0.2) is 53.5 Å². The molecule has 0 aliphatic rings. The molecule has 2 N–H and O–H groups in total. The Labute approximate surface area is 209 Å². The highest BCUT2D eigenvalue weighted by Gasteiger charge is 2.24. The number of Topliss-reactive ketones (excluding diaryl/α,β-unsaturated/α-hetero) is 1. The second-order valence-corrected chi connectivity index (χ2v) is 8.79. The second kappa shape index (κ2) is 10.2. The molecule has 36 heavy (non-hydrogen) atoms. The van der Waals surface area contributed by atoms with Crippen LogP contribution in [0.4, 0.5) is 0 Å². The fourth-order valence-electron chi connectivity index (χ4n) is 4.64. The van der Waals surface area contributed by atoms with Gasteiger partial charge in [-0.2, -0.15) is 0 Å². The fourth-order valence-corrected chi connectivity index (χ4v) is 4.64. The van der Waals surface area contributed by atoms with E-state index in [0.717, 1.165) is 11.3 Å². The number of nitrogens with one attached hydrogen (secondary N) is 2. The lowest BCUT2D eigenvalue weighted by Gasteiger charge is -2.18. The fraction of sp³-hybridized carbons (Fsp3) is 0.286. The molecule has 8 heteroatoms. The van der Waals surface area contributed by atoms with E-state index in [1.165, 1.54) is 7.11 Å². The Morgan fingerprint density at radius 2 is 1.94 bits per heavy atom. The van der Waals surface area contributed by atoms with Crippen molar-refractivity contribution in [3.63, 3.8) is 0 Å². The van der Waals surface area contributed by atoms with Gasteiger partial charge in [0, 0.05) is 35.0 Å². The summed E-state index contributed by atoms with van der Waals surface area (Å²) in [4.78, 5) is 45.5. The molecule has 3 heterocycles. The number of aromatic amines is 1. The molecule has 0 bridgehead atoms. The summed E-state index contributed by atoms with van der Waals surface area (Å²) in [5.74, 6) is 0.193. The van der Waals surface area contributed by atoms with Crippen molar-refractivity contribution in [3.05, 3.63) is 92.7 Å². The monoisotopic (exact) mass is 486 g/mol. The number of fused-ring (bicyclic) bond motifs is 1. The highest BCUT2D eigenvalue weighted by molar-refractivity contribution is 6.07. The number of hydrogen-bond donors (Lipinski definition) is 2. The molecular weight excluding hydrogens is 456 g/mol. The zero-order chi connectivity index (χ0) is 26.0. The number of amides is 1. The van der Waals surface area contributed by atoms with Gasteiger partial charge in [-0.25, -0.2) is 4.98 Å². The molecule has 0 aliphatic carbocycles. The molecule has 0 radical (unpaired) electrons. The molecule has 3 aromatic heterocycles. The number of carbonyl (C=O) groups excluding carboxylic acids is 2. The van der Waals surface area contributed by atoms with Crippen LogP contribution in [-0.4, -0.2) is 33.3 Å². The van der Waals surface area contributed by atoms with Gasteiger partial charge in [-0.05, 0) is 50.6 Å². The van der Waals surface area contributed by atoms with Crippen molar-refractivity contribution in [2.24, 2.45) is 0 Å². The van der Waals surface area contributed by atoms with Gasteiger partial charge in [0.05, 0.1) is 30.8 Å². The average molecular weight is 487 g/mol. The molecule has 0 saturated heterocycles. The molecule has 0 fully saturated rings. The number of benzene rings is 1. The number of carbonyl (C=O) groups is 2. The molecule has 0 spiro atoms. The number of H-pyrrole nitrogens is 1. The smallest absolute Gasteiger partial charge is 0.256 e. The number of hydrogen-bond acceptors (Lipinski definition) is 5. The number of methoxy groups -OCH3 is 1. The third kappa shape index (κ3) is 4.54. The zero-order valence-electron chi connectivity index (χ0n) is 21.1. The first-order valence-electron chi connectivity index (χ1n) is 11.9. The van der Waals surface area contributed by atoms with Crippen LogP contribution in [0.2, 0.25) is 0 Å². The minimum atomic E-state index is -0.312. The van der Waals surface area contributed by atoms with Gasteiger partial charge in [-0.15, -0.1) is 0 Å². The van der Waals surface area contributed by atoms with Crippen molar-refractivity contribution < 1.29 is 14.3 Å². The first-order chi connectivity index (χ1) is 17.3. The first kappa shape index (κ1) is 24.9.